The molecule has 2 N–H and O–H groups in total. The lowest BCUT2D eigenvalue weighted by Crippen LogP contribution is -2.39. The van der Waals surface area contributed by atoms with Crippen molar-refractivity contribution in [2.75, 3.05) is 0 Å². The summed E-state index contributed by atoms with van der Waals surface area (Å²) in [6, 6.07) is 0. The normalized spacial score (nSPS) is 17.4. The van der Waals surface area contributed by atoms with E-state index >= 15 is 0 Å². The molecule has 6 heteroatoms. The first kappa shape index (κ1) is 6.53. The Labute approximate surface area is 55.4 Å². The summed E-state index contributed by atoms with van der Waals surface area (Å²) in [6.07, 6.45) is -1.84. The first-order valence-corrected chi connectivity index (χ1v) is 2.46. The number of amides is 3. The van der Waals surface area contributed by atoms with Crippen molar-refractivity contribution in [3.8, 4) is 0 Å². The van der Waals surface area contributed by atoms with Crippen LogP contribution in [0, 0.1) is 0 Å². The van der Waals surface area contributed by atoms with Gasteiger partial charge in [0.1, 0.15) is 6.42 Å². The molecule has 1 rings (SSSR count). The lowest BCUT2D eigenvalue weighted by molar-refractivity contribution is -0.127. The van der Waals surface area contributed by atoms with Gasteiger partial charge in [0.05, 0.1) is 0 Å². The zero-order chi connectivity index (χ0) is 7.72. The van der Waals surface area contributed by atoms with E-state index in [9.17, 15) is 14.4 Å². The fourth-order valence-electron chi connectivity index (χ4n) is 0.597. The molecule has 0 spiro atoms. The molecule has 0 saturated carbocycles. The summed E-state index contributed by atoms with van der Waals surface area (Å²) in [5.41, 5.74) is 1.85. The minimum atomic E-state index is -1.46. The Balaban J connectivity index is 2.72. The lowest BCUT2D eigenvalue weighted by atomic mass is 10.4. The summed E-state index contributed by atoms with van der Waals surface area (Å²) in [4.78, 5) is 30.9. The molecule has 0 atom stereocenters. The maximum atomic E-state index is 10.5. The number of hydrogen-bond acceptors (Lipinski definition) is 3. The summed E-state index contributed by atoms with van der Waals surface area (Å²) in [5, 5.41) is 8.46. The second-order valence-corrected chi connectivity index (χ2v) is 1.72. The van der Waals surface area contributed by atoms with Crippen LogP contribution >= 0.6 is 0 Å². The third kappa shape index (κ3) is 0.903. The highest BCUT2D eigenvalue weighted by Crippen LogP contribution is 1.99. The Bertz CT molecular complexity index is 211. The van der Waals surface area contributed by atoms with Crippen molar-refractivity contribution >= 4 is 17.9 Å². The SMILES string of the molecule is O=C1CC(=O)N(C(=O)O)N1. The van der Waals surface area contributed by atoms with Gasteiger partial charge in [0, 0.05) is 0 Å². The van der Waals surface area contributed by atoms with Gasteiger partial charge in [-0.25, -0.2) is 4.79 Å². The largest absolute Gasteiger partial charge is 0.463 e. The molecular weight excluding hydrogens is 140 g/mol. The maximum absolute atomic E-state index is 10.5. The molecule has 0 aromatic carbocycles. The first-order chi connectivity index (χ1) is 4.61. The van der Waals surface area contributed by atoms with Crippen LogP contribution in [0.4, 0.5) is 4.79 Å². The van der Waals surface area contributed by atoms with E-state index in [1.165, 1.54) is 0 Å². The molecule has 0 aromatic rings. The van der Waals surface area contributed by atoms with E-state index in [4.69, 9.17) is 5.11 Å². The van der Waals surface area contributed by atoms with Crippen molar-refractivity contribution in [3.63, 3.8) is 0 Å². The van der Waals surface area contributed by atoms with Gasteiger partial charge in [0.2, 0.25) is 5.91 Å². The number of hydrogen-bond donors (Lipinski definition) is 2. The maximum Gasteiger partial charge on any atom is 0.433 e. The van der Waals surface area contributed by atoms with E-state index < -0.39 is 17.9 Å². The van der Waals surface area contributed by atoms with E-state index in [2.05, 4.69) is 0 Å². The van der Waals surface area contributed by atoms with Gasteiger partial charge < -0.3 is 5.11 Å². The summed E-state index contributed by atoms with van der Waals surface area (Å²) in [7, 11) is 0. The van der Waals surface area contributed by atoms with E-state index in [0.29, 0.717) is 0 Å². The van der Waals surface area contributed by atoms with Crippen LogP contribution in [-0.2, 0) is 9.59 Å². The highest BCUT2D eigenvalue weighted by molar-refractivity contribution is 6.08. The topological polar surface area (TPSA) is 86.7 Å². The molecule has 6 nitrogen and oxygen atoms in total. The average molecular weight is 144 g/mol. The van der Waals surface area contributed by atoms with E-state index in [1.54, 1.807) is 0 Å². The number of nitrogens with zero attached hydrogens (tertiary/aromatic N) is 1. The molecule has 1 aliphatic rings. The fourth-order valence-corrected chi connectivity index (χ4v) is 0.597. The summed E-state index contributed by atoms with van der Waals surface area (Å²) in [5.74, 6) is -1.33. The molecule has 0 aromatic heterocycles. The van der Waals surface area contributed by atoms with Crippen LogP contribution in [0.2, 0.25) is 0 Å². The monoisotopic (exact) mass is 144 g/mol. The highest BCUT2D eigenvalue weighted by Gasteiger charge is 2.31. The zero-order valence-corrected chi connectivity index (χ0v) is 4.83. The van der Waals surface area contributed by atoms with Gasteiger partial charge in [-0.05, 0) is 0 Å². The highest BCUT2D eigenvalue weighted by atomic mass is 16.4. The molecule has 54 valence electrons. The Morgan fingerprint density at radius 1 is 1.60 bits per heavy atom. The van der Waals surface area contributed by atoms with E-state index in [1.807, 2.05) is 5.43 Å². The average Bonchev–Trinajstić information content (AvgIpc) is 2.10. The molecule has 1 saturated heterocycles. The Morgan fingerprint density at radius 3 is 2.40 bits per heavy atom. The smallest absolute Gasteiger partial charge is 0.433 e. The summed E-state index contributed by atoms with van der Waals surface area (Å²) in [6.45, 7) is 0. The predicted molar refractivity (Wildman–Crippen MR) is 27.6 cm³/mol. The quantitative estimate of drug-likeness (QED) is 0.424. The number of hydrazine groups is 1. The van der Waals surface area contributed by atoms with Gasteiger partial charge >= 0.3 is 6.09 Å². The van der Waals surface area contributed by atoms with Crippen LogP contribution in [0.3, 0.4) is 0 Å². The number of carboxylic acid groups (broad SMARTS) is 1. The standard InChI is InChI=1S/C4H4N2O4/c7-2-1-3(8)6(5-2)4(9)10/h1H2,(H,5,7)(H,9,10). The van der Waals surface area contributed by atoms with Crippen LogP contribution in [0.5, 0.6) is 0 Å². The van der Waals surface area contributed by atoms with Gasteiger partial charge in [-0.1, -0.05) is 0 Å². The second kappa shape index (κ2) is 1.98. The predicted octanol–water partition coefficient (Wildman–Crippen LogP) is -1.07. The van der Waals surface area contributed by atoms with Gasteiger partial charge in [-0.2, -0.15) is 5.01 Å². The van der Waals surface area contributed by atoms with Gasteiger partial charge in [-0.3, -0.25) is 15.0 Å². The Hall–Kier alpha value is -1.59. The third-order valence-corrected chi connectivity index (χ3v) is 0.989. The molecule has 10 heavy (non-hydrogen) atoms. The molecule has 1 fully saturated rings. The van der Waals surface area contributed by atoms with Crippen molar-refractivity contribution in [1.82, 2.24) is 10.4 Å². The van der Waals surface area contributed by atoms with Crippen molar-refractivity contribution in [2.24, 2.45) is 0 Å². The van der Waals surface area contributed by atoms with Crippen LogP contribution < -0.4 is 5.43 Å². The Kier molecular flexibility index (Phi) is 1.29. The van der Waals surface area contributed by atoms with Gasteiger partial charge in [0.25, 0.3) is 5.91 Å². The van der Waals surface area contributed by atoms with Crippen molar-refractivity contribution in [1.29, 1.82) is 0 Å². The summed E-state index contributed by atoms with van der Waals surface area (Å²) < 4.78 is 0. The van der Waals surface area contributed by atoms with Crippen molar-refractivity contribution in [3.05, 3.63) is 0 Å². The van der Waals surface area contributed by atoms with Crippen molar-refractivity contribution < 1.29 is 19.5 Å². The molecule has 1 aliphatic heterocycles. The first-order valence-electron chi connectivity index (χ1n) is 2.46. The van der Waals surface area contributed by atoms with Crippen LogP contribution in [-0.4, -0.2) is 28.0 Å². The van der Waals surface area contributed by atoms with E-state index in [0.717, 1.165) is 0 Å². The van der Waals surface area contributed by atoms with Gasteiger partial charge in [0.15, 0.2) is 0 Å². The molecule has 1 heterocycles. The number of imide groups is 1. The second-order valence-electron chi connectivity index (χ2n) is 1.72. The molecule has 3 amide bonds. The third-order valence-electron chi connectivity index (χ3n) is 0.989. The summed E-state index contributed by atoms with van der Waals surface area (Å²) >= 11 is 0. The Morgan fingerprint density at radius 2 is 2.20 bits per heavy atom. The number of carbonyl (C=O) groups excluding carboxylic acids is 2. The van der Waals surface area contributed by atoms with Crippen LogP contribution in [0.15, 0.2) is 0 Å². The number of carbonyl (C=O) groups is 3. The lowest BCUT2D eigenvalue weighted by Gasteiger charge is -2.05. The number of nitrogens with one attached hydrogen (secondary N) is 1. The molecular formula is C4H4N2O4. The number of rotatable bonds is 0. The fraction of sp³-hybridized carbons (Fsp3) is 0.250. The van der Waals surface area contributed by atoms with Crippen LogP contribution in [0.1, 0.15) is 6.42 Å². The van der Waals surface area contributed by atoms with Gasteiger partial charge in [-0.15, -0.1) is 0 Å². The minimum Gasteiger partial charge on any atom is -0.463 e. The molecule has 0 bridgehead atoms. The zero-order valence-electron chi connectivity index (χ0n) is 4.83. The minimum absolute atomic E-state index is 0.266. The molecule has 0 aliphatic carbocycles. The van der Waals surface area contributed by atoms with E-state index in [-0.39, 0.29) is 11.4 Å². The molecule has 0 unspecified atom stereocenters. The molecule has 0 radical (unpaired) electrons. The van der Waals surface area contributed by atoms with Crippen molar-refractivity contribution in [2.45, 2.75) is 6.42 Å². The van der Waals surface area contributed by atoms with Crippen LogP contribution in [0.25, 0.3) is 0 Å².